The molecular weight excluding hydrogens is 172 g/mol. The number of esters is 1. The van der Waals surface area contributed by atoms with E-state index in [1.807, 2.05) is 0 Å². The van der Waals surface area contributed by atoms with E-state index in [-0.39, 0.29) is 12.4 Å². The molecule has 76 valence electrons. The van der Waals surface area contributed by atoms with E-state index in [9.17, 15) is 9.59 Å². The summed E-state index contributed by atoms with van der Waals surface area (Å²) in [4.78, 5) is 21.8. The van der Waals surface area contributed by atoms with Crippen molar-refractivity contribution in [3.8, 4) is 0 Å². The standard InChI is InChI=1S/C9H16O4/c1-5-12-8(11)9(3,4)13-6-7(2)10/h5-6H2,1-4H3. The van der Waals surface area contributed by atoms with Crippen molar-refractivity contribution in [1.82, 2.24) is 0 Å². The topological polar surface area (TPSA) is 52.6 Å². The first kappa shape index (κ1) is 12.1. The molecule has 0 aliphatic rings. The van der Waals surface area contributed by atoms with Gasteiger partial charge in [-0.05, 0) is 27.7 Å². The molecule has 0 unspecified atom stereocenters. The maximum atomic E-state index is 11.2. The van der Waals surface area contributed by atoms with E-state index >= 15 is 0 Å². The van der Waals surface area contributed by atoms with Gasteiger partial charge >= 0.3 is 5.97 Å². The zero-order valence-corrected chi connectivity index (χ0v) is 8.55. The minimum atomic E-state index is -1.04. The van der Waals surface area contributed by atoms with Crippen LogP contribution in [0, 0.1) is 0 Å². The average Bonchev–Trinajstić information content (AvgIpc) is 2.01. The number of hydrogen-bond donors (Lipinski definition) is 0. The van der Waals surface area contributed by atoms with Gasteiger partial charge in [0.1, 0.15) is 6.61 Å². The molecule has 0 fully saturated rings. The lowest BCUT2D eigenvalue weighted by Crippen LogP contribution is -2.38. The van der Waals surface area contributed by atoms with Gasteiger partial charge in [-0.15, -0.1) is 0 Å². The van der Waals surface area contributed by atoms with Crippen LogP contribution in [0.3, 0.4) is 0 Å². The maximum Gasteiger partial charge on any atom is 0.337 e. The van der Waals surface area contributed by atoms with Gasteiger partial charge in [-0.2, -0.15) is 0 Å². The Hall–Kier alpha value is -0.900. The van der Waals surface area contributed by atoms with Gasteiger partial charge in [0.2, 0.25) is 0 Å². The van der Waals surface area contributed by atoms with Crippen molar-refractivity contribution in [2.24, 2.45) is 0 Å². The van der Waals surface area contributed by atoms with Crippen LogP contribution in [0.4, 0.5) is 0 Å². The van der Waals surface area contributed by atoms with Crippen LogP contribution in [0.15, 0.2) is 0 Å². The van der Waals surface area contributed by atoms with Gasteiger partial charge in [-0.3, -0.25) is 4.79 Å². The Labute approximate surface area is 78.2 Å². The van der Waals surface area contributed by atoms with Crippen LogP contribution in [0.2, 0.25) is 0 Å². The SMILES string of the molecule is CCOC(=O)C(C)(C)OCC(C)=O. The molecule has 0 aromatic carbocycles. The molecule has 0 amide bonds. The van der Waals surface area contributed by atoms with Crippen molar-refractivity contribution in [2.45, 2.75) is 33.3 Å². The largest absolute Gasteiger partial charge is 0.464 e. The summed E-state index contributed by atoms with van der Waals surface area (Å²) in [5.41, 5.74) is -1.04. The molecule has 0 aromatic heterocycles. The highest BCUT2D eigenvalue weighted by Gasteiger charge is 2.30. The molecule has 0 atom stereocenters. The van der Waals surface area contributed by atoms with Gasteiger partial charge in [0, 0.05) is 0 Å². The maximum absolute atomic E-state index is 11.2. The lowest BCUT2D eigenvalue weighted by molar-refractivity contribution is -0.168. The Morgan fingerprint density at radius 2 is 1.85 bits per heavy atom. The van der Waals surface area contributed by atoms with Gasteiger partial charge < -0.3 is 9.47 Å². The summed E-state index contributed by atoms with van der Waals surface area (Å²) in [6.45, 7) is 6.53. The van der Waals surface area contributed by atoms with Crippen molar-refractivity contribution < 1.29 is 19.1 Å². The molecule has 0 saturated heterocycles. The number of ketones is 1. The summed E-state index contributed by atoms with van der Waals surface area (Å²) >= 11 is 0. The second kappa shape index (κ2) is 4.97. The second-order valence-electron chi connectivity index (χ2n) is 3.22. The summed E-state index contributed by atoms with van der Waals surface area (Å²) in [7, 11) is 0. The zero-order chi connectivity index (χ0) is 10.5. The van der Waals surface area contributed by atoms with Crippen LogP contribution in [0.25, 0.3) is 0 Å². The molecule has 0 N–H and O–H groups in total. The summed E-state index contributed by atoms with van der Waals surface area (Å²) in [6, 6.07) is 0. The van der Waals surface area contributed by atoms with E-state index in [2.05, 4.69) is 0 Å². The molecule has 4 heteroatoms. The number of rotatable bonds is 5. The number of carbonyl (C=O) groups excluding carboxylic acids is 2. The zero-order valence-electron chi connectivity index (χ0n) is 8.55. The molecule has 0 heterocycles. The number of hydrogen-bond acceptors (Lipinski definition) is 4. The first-order chi connectivity index (χ1) is 5.90. The van der Waals surface area contributed by atoms with E-state index in [0.29, 0.717) is 6.61 Å². The highest BCUT2D eigenvalue weighted by molar-refractivity contribution is 5.80. The first-order valence-corrected chi connectivity index (χ1v) is 4.20. The highest BCUT2D eigenvalue weighted by atomic mass is 16.6. The Balaban J connectivity index is 4.05. The normalized spacial score (nSPS) is 11.1. The van der Waals surface area contributed by atoms with E-state index in [4.69, 9.17) is 9.47 Å². The Morgan fingerprint density at radius 3 is 2.23 bits per heavy atom. The molecule has 4 nitrogen and oxygen atoms in total. The summed E-state index contributed by atoms with van der Waals surface area (Å²) < 4.78 is 9.84. The second-order valence-corrected chi connectivity index (χ2v) is 3.22. The quantitative estimate of drug-likeness (QED) is 0.602. The van der Waals surface area contributed by atoms with Crippen LogP contribution >= 0.6 is 0 Å². The van der Waals surface area contributed by atoms with Crippen LogP contribution in [0.1, 0.15) is 27.7 Å². The van der Waals surface area contributed by atoms with Crippen LogP contribution in [0.5, 0.6) is 0 Å². The molecule has 0 saturated carbocycles. The molecule has 0 spiro atoms. The van der Waals surface area contributed by atoms with Crippen molar-refractivity contribution >= 4 is 11.8 Å². The molecule has 0 aromatic rings. The molecule has 0 aliphatic heterocycles. The minimum absolute atomic E-state index is 0.0637. The van der Waals surface area contributed by atoms with E-state index in [1.165, 1.54) is 6.92 Å². The predicted octanol–water partition coefficient (Wildman–Crippen LogP) is 0.934. The van der Waals surface area contributed by atoms with Gasteiger partial charge in [-0.1, -0.05) is 0 Å². The molecule has 0 bridgehead atoms. The van der Waals surface area contributed by atoms with Gasteiger partial charge in [-0.25, -0.2) is 4.79 Å². The number of ether oxygens (including phenoxy) is 2. The van der Waals surface area contributed by atoms with E-state index in [0.717, 1.165) is 0 Å². The monoisotopic (exact) mass is 188 g/mol. The number of Topliss-reactive ketones (excluding diaryl/α,β-unsaturated/α-hetero) is 1. The van der Waals surface area contributed by atoms with Crippen molar-refractivity contribution in [2.75, 3.05) is 13.2 Å². The van der Waals surface area contributed by atoms with E-state index in [1.54, 1.807) is 20.8 Å². The van der Waals surface area contributed by atoms with Crippen LogP contribution < -0.4 is 0 Å². The number of carbonyl (C=O) groups is 2. The predicted molar refractivity (Wildman–Crippen MR) is 47.3 cm³/mol. The molecule has 0 radical (unpaired) electrons. The fraction of sp³-hybridized carbons (Fsp3) is 0.778. The Bertz CT molecular complexity index is 196. The molecule has 0 rings (SSSR count). The Kier molecular flexibility index (Phi) is 4.62. The van der Waals surface area contributed by atoms with Gasteiger partial charge in [0.25, 0.3) is 0 Å². The third-order valence-electron chi connectivity index (χ3n) is 1.40. The summed E-state index contributed by atoms with van der Waals surface area (Å²) in [5.74, 6) is -0.561. The molecular formula is C9H16O4. The minimum Gasteiger partial charge on any atom is -0.464 e. The lowest BCUT2D eigenvalue weighted by Gasteiger charge is -2.21. The van der Waals surface area contributed by atoms with Crippen molar-refractivity contribution in [3.63, 3.8) is 0 Å². The average molecular weight is 188 g/mol. The smallest absolute Gasteiger partial charge is 0.337 e. The van der Waals surface area contributed by atoms with E-state index < -0.39 is 11.6 Å². The molecule has 0 aliphatic carbocycles. The van der Waals surface area contributed by atoms with Gasteiger partial charge in [0.15, 0.2) is 11.4 Å². The van der Waals surface area contributed by atoms with Crippen molar-refractivity contribution in [1.29, 1.82) is 0 Å². The third-order valence-corrected chi connectivity index (χ3v) is 1.40. The Morgan fingerprint density at radius 1 is 1.31 bits per heavy atom. The summed E-state index contributed by atoms with van der Waals surface area (Å²) in [6.07, 6.45) is 0. The third kappa shape index (κ3) is 4.62. The van der Waals surface area contributed by atoms with Gasteiger partial charge in [0.05, 0.1) is 6.61 Å². The lowest BCUT2D eigenvalue weighted by atomic mass is 10.1. The van der Waals surface area contributed by atoms with Crippen LogP contribution in [-0.2, 0) is 19.1 Å². The molecule has 13 heavy (non-hydrogen) atoms. The highest BCUT2D eigenvalue weighted by Crippen LogP contribution is 2.11. The van der Waals surface area contributed by atoms with Crippen molar-refractivity contribution in [3.05, 3.63) is 0 Å². The van der Waals surface area contributed by atoms with Crippen LogP contribution in [-0.4, -0.2) is 30.6 Å². The fourth-order valence-electron chi connectivity index (χ4n) is 0.646. The fourth-order valence-corrected chi connectivity index (χ4v) is 0.646. The first-order valence-electron chi connectivity index (χ1n) is 4.20. The summed E-state index contributed by atoms with van der Waals surface area (Å²) in [5, 5.41) is 0.